The van der Waals surface area contributed by atoms with Crippen molar-refractivity contribution in [1.29, 1.82) is 5.26 Å². The number of methoxy groups -OCH3 is 2. The lowest BCUT2D eigenvalue weighted by molar-refractivity contribution is 0.129. The van der Waals surface area contributed by atoms with Crippen LogP contribution in [0.4, 0.5) is 0 Å². The number of nitriles is 1. The van der Waals surface area contributed by atoms with E-state index in [1.54, 1.807) is 14.2 Å². The van der Waals surface area contributed by atoms with E-state index in [9.17, 15) is 0 Å². The van der Waals surface area contributed by atoms with E-state index >= 15 is 0 Å². The molecule has 0 bridgehead atoms. The van der Waals surface area contributed by atoms with Gasteiger partial charge in [-0.05, 0) is 23.6 Å². The third-order valence-corrected chi connectivity index (χ3v) is 4.49. The molecule has 0 N–H and O–H groups in total. The van der Waals surface area contributed by atoms with Gasteiger partial charge >= 0.3 is 0 Å². The van der Waals surface area contributed by atoms with Crippen molar-refractivity contribution in [3.05, 3.63) is 17.7 Å². The van der Waals surface area contributed by atoms with Crippen LogP contribution in [-0.2, 0) is 6.54 Å². The maximum atomic E-state index is 8.71. The Hall–Kier alpha value is -1.97. The fraction of sp³-hybridized carbons (Fsp3) is 0.650. The van der Waals surface area contributed by atoms with Crippen LogP contribution in [-0.4, -0.2) is 63.4 Å². The molecule has 0 amide bonds. The fourth-order valence-electron chi connectivity index (χ4n) is 3.06. The van der Waals surface area contributed by atoms with Gasteiger partial charge in [-0.25, -0.2) is 0 Å². The molecule has 0 aliphatic carbocycles. The standard InChI is InChI=1S/C20H31N3O3/c1-16(2)15-26-20-18(24-3)12-17(13-19(20)25-4)14-23-10-8-22(9-11-23)7-5-6-21/h12-13,16H,5,7-11,14-15H2,1-4H3. The monoisotopic (exact) mass is 361 g/mol. The summed E-state index contributed by atoms with van der Waals surface area (Å²) in [5.74, 6) is 2.54. The van der Waals surface area contributed by atoms with Gasteiger partial charge < -0.3 is 14.2 Å². The Labute approximate surface area is 157 Å². The predicted octanol–water partition coefficient (Wildman–Crippen LogP) is 2.77. The second-order valence-corrected chi connectivity index (χ2v) is 7.06. The van der Waals surface area contributed by atoms with Crippen molar-refractivity contribution in [1.82, 2.24) is 9.80 Å². The minimum absolute atomic E-state index is 0.432. The quantitative estimate of drug-likeness (QED) is 0.674. The summed E-state index contributed by atoms with van der Waals surface area (Å²) in [7, 11) is 3.32. The lowest BCUT2D eigenvalue weighted by atomic mass is 10.1. The van der Waals surface area contributed by atoms with E-state index in [2.05, 4.69) is 29.7 Å². The van der Waals surface area contributed by atoms with Crippen LogP contribution < -0.4 is 14.2 Å². The van der Waals surface area contributed by atoms with Crippen molar-refractivity contribution < 1.29 is 14.2 Å². The Kier molecular flexibility index (Phi) is 8.02. The third kappa shape index (κ3) is 5.79. The number of benzene rings is 1. The van der Waals surface area contributed by atoms with Gasteiger partial charge in [0.05, 0.1) is 26.9 Å². The van der Waals surface area contributed by atoms with E-state index in [0.717, 1.165) is 44.8 Å². The molecule has 0 atom stereocenters. The van der Waals surface area contributed by atoms with Gasteiger partial charge in [0.1, 0.15) is 0 Å². The Morgan fingerprint density at radius 2 is 1.62 bits per heavy atom. The molecule has 0 spiro atoms. The smallest absolute Gasteiger partial charge is 0.203 e. The molecule has 1 fully saturated rings. The molecule has 0 unspecified atom stereocenters. The minimum Gasteiger partial charge on any atom is -0.493 e. The first kappa shape index (κ1) is 20.3. The summed E-state index contributed by atoms with van der Waals surface area (Å²) in [6.07, 6.45) is 0.603. The first-order valence-corrected chi connectivity index (χ1v) is 9.26. The summed E-state index contributed by atoms with van der Waals surface area (Å²) >= 11 is 0. The van der Waals surface area contributed by atoms with Crippen LogP contribution >= 0.6 is 0 Å². The van der Waals surface area contributed by atoms with Crippen LogP contribution in [0, 0.1) is 17.2 Å². The molecular formula is C20H31N3O3. The number of hydrogen-bond acceptors (Lipinski definition) is 6. The number of nitrogens with zero attached hydrogens (tertiary/aromatic N) is 3. The van der Waals surface area contributed by atoms with Crippen molar-refractivity contribution in [2.45, 2.75) is 26.8 Å². The van der Waals surface area contributed by atoms with E-state index in [0.29, 0.717) is 36.2 Å². The lowest BCUT2D eigenvalue weighted by Crippen LogP contribution is -2.46. The Bertz CT molecular complexity index is 580. The summed E-state index contributed by atoms with van der Waals surface area (Å²) in [6, 6.07) is 6.30. The molecule has 1 aromatic rings. The summed E-state index contributed by atoms with van der Waals surface area (Å²) in [5, 5.41) is 8.71. The Morgan fingerprint density at radius 1 is 1.04 bits per heavy atom. The van der Waals surface area contributed by atoms with Crippen molar-refractivity contribution >= 4 is 0 Å². The molecule has 6 heteroatoms. The average Bonchev–Trinajstić information content (AvgIpc) is 2.65. The topological polar surface area (TPSA) is 58.0 Å². The highest BCUT2D eigenvalue weighted by atomic mass is 16.5. The highest BCUT2D eigenvalue weighted by molar-refractivity contribution is 5.53. The summed E-state index contributed by atoms with van der Waals surface area (Å²) < 4.78 is 17.0. The van der Waals surface area contributed by atoms with E-state index < -0.39 is 0 Å². The minimum atomic E-state index is 0.432. The van der Waals surface area contributed by atoms with Gasteiger partial charge in [0.15, 0.2) is 11.5 Å². The normalized spacial score (nSPS) is 15.7. The van der Waals surface area contributed by atoms with E-state index in [1.807, 2.05) is 12.1 Å². The molecule has 6 nitrogen and oxygen atoms in total. The molecule has 1 aliphatic rings. The average molecular weight is 361 g/mol. The fourth-order valence-corrected chi connectivity index (χ4v) is 3.06. The number of ether oxygens (including phenoxy) is 3. The number of piperazine rings is 1. The zero-order valence-corrected chi connectivity index (χ0v) is 16.5. The van der Waals surface area contributed by atoms with Gasteiger partial charge in [-0.1, -0.05) is 13.8 Å². The maximum Gasteiger partial charge on any atom is 0.203 e. The molecule has 26 heavy (non-hydrogen) atoms. The molecule has 0 radical (unpaired) electrons. The highest BCUT2D eigenvalue weighted by Crippen LogP contribution is 2.39. The summed E-state index contributed by atoms with van der Waals surface area (Å²) in [4.78, 5) is 4.77. The first-order valence-electron chi connectivity index (χ1n) is 9.26. The lowest BCUT2D eigenvalue weighted by Gasteiger charge is -2.34. The van der Waals surface area contributed by atoms with E-state index in [-0.39, 0.29) is 0 Å². The van der Waals surface area contributed by atoms with Gasteiger partial charge in [0.25, 0.3) is 0 Å². The van der Waals surface area contributed by atoms with Crippen molar-refractivity contribution in [3.8, 4) is 23.3 Å². The van der Waals surface area contributed by atoms with Crippen molar-refractivity contribution in [2.75, 3.05) is 53.6 Å². The van der Waals surface area contributed by atoms with Gasteiger partial charge in [0, 0.05) is 45.7 Å². The molecule has 0 aromatic heterocycles. The summed E-state index contributed by atoms with van der Waals surface area (Å²) in [6.45, 7) is 10.6. The molecule has 0 saturated carbocycles. The van der Waals surface area contributed by atoms with Crippen molar-refractivity contribution in [3.63, 3.8) is 0 Å². The SMILES string of the molecule is COc1cc(CN2CCN(CCC#N)CC2)cc(OC)c1OCC(C)C. The van der Waals surface area contributed by atoms with Crippen LogP contribution in [0.15, 0.2) is 12.1 Å². The second kappa shape index (κ2) is 10.2. The highest BCUT2D eigenvalue weighted by Gasteiger charge is 2.19. The molecule has 144 valence electrons. The Balaban J connectivity index is 2.02. The first-order chi connectivity index (χ1) is 12.6. The number of rotatable bonds is 9. The van der Waals surface area contributed by atoms with Crippen LogP contribution in [0.25, 0.3) is 0 Å². The molecule has 1 saturated heterocycles. The largest absolute Gasteiger partial charge is 0.493 e. The number of hydrogen-bond donors (Lipinski definition) is 0. The van der Waals surface area contributed by atoms with Crippen molar-refractivity contribution in [2.24, 2.45) is 5.92 Å². The van der Waals surface area contributed by atoms with Gasteiger partial charge in [-0.2, -0.15) is 5.26 Å². The predicted molar refractivity (Wildman–Crippen MR) is 102 cm³/mol. The molecule has 1 aliphatic heterocycles. The van der Waals surface area contributed by atoms with Crippen LogP contribution in [0.5, 0.6) is 17.2 Å². The van der Waals surface area contributed by atoms with E-state index in [4.69, 9.17) is 19.5 Å². The van der Waals surface area contributed by atoms with Crippen LogP contribution in [0.3, 0.4) is 0 Å². The maximum absolute atomic E-state index is 8.71. The van der Waals surface area contributed by atoms with Gasteiger partial charge in [-0.3, -0.25) is 9.80 Å². The summed E-state index contributed by atoms with van der Waals surface area (Å²) in [5.41, 5.74) is 1.15. The Morgan fingerprint density at radius 3 is 2.12 bits per heavy atom. The zero-order chi connectivity index (χ0) is 18.9. The molecular weight excluding hydrogens is 330 g/mol. The van der Waals surface area contributed by atoms with Crippen LogP contribution in [0.2, 0.25) is 0 Å². The third-order valence-electron chi connectivity index (χ3n) is 4.49. The molecule has 1 heterocycles. The molecule has 2 rings (SSSR count). The zero-order valence-electron chi connectivity index (χ0n) is 16.5. The second-order valence-electron chi connectivity index (χ2n) is 7.06. The van der Waals surface area contributed by atoms with Gasteiger partial charge in [-0.15, -0.1) is 0 Å². The van der Waals surface area contributed by atoms with Gasteiger partial charge in [0.2, 0.25) is 5.75 Å². The van der Waals surface area contributed by atoms with E-state index in [1.165, 1.54) is 0 Å². The molecule has 1 aromatic carbocycles. The van der Waals surface area contributed by atoms with Crippen LogP contribution in [0.1, 0.15) is 25.8 Å².